The van der Waals surface area contributed by atoms with E-state index in [0.29, 0.717) is 0 Å². The quantitative estimate of drug-likeness (QED) is 0.726. The van der Waals surface area contributed by atoms with Crippen molar-refractivity contribution in [2.75, 3.05) is 0 Å². The molecule has 1 heterocycles. The lowest BCUT2D eigenvalue weighted by Crippen LogP contribution is -2.07. The first-order valence-corrected chi connectivity index (χ1v) is 6.26. The molecular weight excluding hydrogens is 182 g/mol. The number of pyridine rings is 1. The van der Waals surface area contributed by atoms with Gasteiger partial charge in [0.05, 0.1) is 0 Å². The molecule has 0 spiro atoms. The van der Waals surface area contributed by atoms with Crippen molar-refractivity contribution in [2.45, 2.75) is 51.9 Å². The molecule has 1 aromatic rings. The van der Waals surface area contributed by atoms with Gasteiger partial charge in [-0.2, -0.15) is 0 Å². The summed E-state index contributed by atoms with van der Waals surface area (Å²) in [5, 5.41) is 0. The van der Waals surface area contributed by atoms with E-state index in [1.165, 1.54) is 50.5 Å². The van der Waals surface area contributed by atoms with Crippen molar-refractivity contribution in [2.24, 2.45) is 5.92 Å². The van der Waals surface area contributed by atoms with Gasteiger partial charge in [0.1, 0.15) is 0 Å². The number of aromatic nitrogens is 1. The monoisotopic (exact) mass is 203 g/mol. The van der Waals surface area contributed by atoms with E-state index < -0.39 is 0 Å². The average Bonchev–Trinajstić information content (AvgIpc) is 2.30. The van der Waals surface area contributed by atoms with Crippen LogP contribution in [-0.4, -0.2) is 4.98 Å². The maximum atomic E-state index is 4.34. The van der Waals surface area contributed by atoms with Gasteiger partial charge in [0.2, 0.25) is 0 Å². The number of aryl methyl sites for hydroxylation is 2. The van der Waals surface area contributed by atoms with Crippen LogP contribution in [0.2, 0.25) is 0 Å². The van der Waals surface area contributed by atoms with Crippen molar-refractivity contribution in [3.05, 3.63) is 29.6 Å². The molecule has 0 atom stereocenters. The smallest absolute Gasteiger partial charge is 0.0372 e. The maximum Gasteiger partial charge on any atom is 0.0372 e. The van der Waals surface area contributed by atoms with Crippen LogP contribution in [0.5, 0.6) is 0 Å². The van der Waals surface area contributed by atoms with E-state index in [4.69, 9.17) is 0 Å². The van der Waals surface area contributed by atoms with Crippen molar-refractivity contribution < 1.29 is 0 Å². The van der Waals surface area contributed by atoms with Gasteiger partial charge >= 0.3 is 0 Å². The van der Waals surface area contributed by atoms with Gasteiger partial charge in [0.25, 0.3) is 0 Å². The third kappa shape index (κ3) is 3.33. The molecule has 15 heavy (non-hydrogen) atoms. The van der Waals surface area contributed by atoms with E-state index in [1.54, 1.807) is 0 Å². The second-order valence-electron chi connectivity index (χ2n) is 4.85. The van der Waals surface area contributed by atoms with Gasteiger partial charge in [0, 0.05) is 11.9 Å². The lowest BCUT2D eigenvalue weighted by Gasteiger charge is -2.21. The first kappa shape index (κ1) is 10.7. The highest BCUT2D eigenvalue weighted by Crippen LogP contribution is 2.27. The van der Waals surface area contributed by atoms with Crippen molar-refractivity contribution in [1.82, 2.24) is 4.98 Å². The number of rotatable bonds is 3. The van der Waals surface area contributed by atoms with Crippen LogP contribution in [-0.2, 0) is 6.42 Å². The Kier molecular flexibility index (Phi) is 3.76. The first-order valence-electron chi connectivity index (χ1n) is 6.26. The Morgan fingerprint density at radius 2 is 2.00 bits per heavy atom. The average molecular weight is 203 g/mol. The van der Waals surface area contributed by atoms with Crippen LogP contribution in [0, 0.1) is 12.8 Å². The zero-order chi connectivity index (χ0) is 10.5. The molecule has 0 amide bonds. The topological polar surface area (TPSA) is 12.9 Å². The third-order valence-electron chi connectivity index (χ3n) is 3.54. The molecule has 0 unspecified atom stereocenters. The molecule has 0 aromatic carbocycles. The summed E-state index contributed by atoms with van der Waals surface area (Å²) in [6.45, 7) is 2.05. The van der Waals surface area contributed by atoms with Crippen LogP contribution in [0.15, 0.2) is 18.3 Å². The number of hydrogen-bond donors (Lipinski definition) is 0. The van der Waals surface area contributed by atoms with E-state index in [1.807, 2.05) is 13.1 Å². The van der Waals surface area contributed by atoms with Crippen LogP contribution in [0.1, 0.15) is 49.8 Å². The van der Waals surface area contributed by atoms with Crippen molar-refractivity contribution in [3.8, 4) is 0 Å². The molecule has 1 aromatic heterocycles. The van der Waals surface area contributed by atoms with Gasteiger partial charge in [-0.1, -0.05) is 38.2 Å². The van der Waals surface area contributed by atoms with Crippen LogP contribution in [0.25, 0.3) is 0 Å². The second kappa shape index (κ2) is 5.29. The Bertz CT molecular complexity index is 283. The molecule has 1 nitrogen and oxygen atoms in total. The summed E-state index contributed by atoms with van der Waals surface area (Å²) >= 11 is 0. The second-order valence-corrected chi connectivity index (χ2v) is 4.85. The van der Waals surface area contributed by atoms with Crippen molar-refractivity contribution in [3.63, 3.8) is 0 Å². The molecule has 1 saturated carbocycles. The Labute approximate surface area is 92.9 Å². The molecule has 0 radical (unpaired) electrons. The van der Waals surface area contributed by atoms with Gasteiger partial charge in [-0.25, -0.2) is 0 Å². The van der Waals surface area contributed by atoms with E-state index in [0.717, 1.165) is 11.6 Å². The number of hydrogen-bond acceptors (Lipinski definition) is 1. The lowest BCUT2D eigenvalue weighted by molar-refractivity contribution is 0.339. The minimum absolute atomic E-state index is 0.986. The predicted molar refractivity (Wildman–Crippen MR) is 63.9 cm³/mol. The highest BCUT2D eigenvalue weighted by molar-refractivity contribution is 5.13. The standard InChI is InChI=1S/C14H21N/c1-12-7-8-14(11-15-12)10-9-13-5-3-2-4-6-13/h7-8,11,13H,2-6,9-10H2,1H3. The van der Waals surface area contributed by atoms with E-state index in [-0.39, 0.29) is 0 Å². The van der Waals surface area contributed by atoms with E-state index in [2.05, 4.69) is 17.1 Å². The fraction of sp³-hybridized carbons (Fsp3) is 0.643. The Balaban J connectivity index is 1.79. The SMILES string of the molecule is Cc1ccc(CCC2CCCCC2)cn1. The van der Waals surface area contributed by atoms with Crippen LogP contribution in [0.3, 0.4) is 0 Å². The van der Waals surface area contributed by atoms with Crippen molar-refractivity contribution in [1.29, 1.82) is 0 Å². The van der Waals surface area contributed by atoms with Crippen molar-refractivity contribution >= 4 is 0 Å². The minimum atomic E-state index is 0.986. The molecule has 0 N–H and O–H groups in total. The molecule has 0 aliphatic heterocycles. The summed E-state index contributed by atoms with van der Waals surface area (Å²) < 4.78 is 0. The van der Waals surface area contributed by atoms with Gasteiger partial charge in [-0.05, 0) is 37.3 Å². The molecule has 1 fully saturated rings. The Morgan fingerprint density at radius 1 is 1.20 bits per heavy atom. The first-order chi connectivity index (χ1) is 7.34. The van der Waals surface area contributed by atoms with Crippen LogP contribution < -0.4 is 0 Å². The Morgan fingerprint density at radius 3 is 2.67 bits per heavy atom. The molecule has 1 aliphatic rings. The molecule has 0 saturated heterocycles. The normalized spacial score (nSPS) is 17.9. The molecule has 1 aliphatic carbocycles. The largest absolute Gasteiger partial charge is 0.261 e. The molecule has 1 heteroatoms. The van der Waals surface area contributed by atoms with E-state index in [9.17, 15) is 0 Å². The predicted octanol–water partition coefficient (Wildman–Crippen LogP) is 3.90. The summed E-state index contributed by atoms with van der Waals surface area (Å²) in [4.78, 5) is 4.34. The molecular formula is C14H21N. The minimum Gasteiger partial charge on any atom is -0.261 e. The van der Waals surface area contributed by atoms with Gasteiger partial charge in [-0.15, -0.1) is 0 Å². The summed E-state index contributed by atoms with van der Waals surface area (Å²) in [5.41, 5.74) is 2.53. The fourth-order valence-electron chi connectivity index (χ4n) is 2.49. The summed E-state index contributed by atoms with van der Waals surface area (Å²) in [5.74, 6) is 0.986. The summed E-state index contributed by atoms with van der Waals surface area (Å²) in [7, 11) is 0. The highest BCUT2D eigenvalue weighted by Gasteiger charge is 2.12. The van der Waals surface area contributed by atoms with Gasteiger partial charge < -0.3 is 0 Å². The maximum absolute atomic E-state index is 4.34. The Hall–Kier alpha value is -0.850. The summed E-state index contributed by atoms with van der Waals surface area (Å²) in [6, 6.07) is 4.35. The van der Waals surface area contributed by atoms with Crippen LogP contribution >= 0.6 is 0 Å². The molecule has 0 bridgehead atoms. The molecule has 82 valence electrons. The van der Waals surface area contributed by atoms with E-state index >= 15 is 0 Å². The zero-order valence-electron chi connectivity index (χ0n) is 9.71. The number of nitrogens with zero attached hydrogens (tertiary/aromatic N) is 1. The zero-order valence-corrected chi connectivity index (χ0v) is 9.71. The molecule has 2 rings (SSSR count). The fourth-order valence-corrected chi connectivity index (χ4v) is 2.49. The van der Waals surface area contributed by atoms with Gasteiger partial charge in [0.15, 0.2) is 0 Å². The third-order valence-corrected chi connectivity index (χ3v) is 3.54. The lowest BCUT2D eigenvalue weighted by atomic mass is 9.85. The highest BCUT2D eigenvalue weighted by atomic mass is 14.7. The van der Waals surface area contributed by atoms with Crippen LogP contribution in [0.4, 0.5) is 0 Å². The summed E-state index contributed by atoms with van der Waals surface area (Å²) in [6.07, 6.45) is 11.9. The van der Waals surface area contributed by atoms with Gasteiger partial charge in [-0.3, -0.25) is 4.98 Å².